The first-order valence-electron chi connectivity index (χ1n) is 8.14. The molecule has 1 fully saturated rings. The Bertz CT molecular complexity index is 662. The molecule has 1 saturated heterocycles. The van der Waals surface area contributed by atoms with Crippen LogP contribution in [-0.2, 0) is 14.6 Å². The zero-order valence-electron chi connectivity index (χ0n) is 14.7. The van der Waals surface area contributed by atoms with E-state index in [4.69, 9.17) is 4.74 Å². The molecular formula is C17H26N2O4S. The van der Waals surface area contributed by atoms with Crippen molar-refractivity contribution in [3.8, 4) is 5.75 Å². The van der Waals surface area contributed by atoms with Crippen LogP contribution in [0, 0.1) is 5.92 Å². The maximum atomic E-state index is 12.6. The second-order valence-corrected chi connectivity index (χ2v) is 8.60. The van der Waals surface area contributed by atoms with Crippen molar-refractivity contribution in [2.24, 2.45) is 5.92 Å². The van der Waals surface area contributed by atoms with E-state index in [-0.39, 0.29) is 28.6 Å². The summed E-state index contributed by atoms with van der Waals surface area (Å²) in [5.41, 5.74) is 0. The van der Waals surface area contributed by atoms with Gasteiger partial charge in [-0.3, -0.25) is 4.79 Å². The molecule has 0 radical (unpaired) electrons. The Labute approximate surface area is 144 Å². The molecule has 0 unspecified atom stereocenters. The third-order valence-electron chi connectivity index (χ3n) is 4.18. The van der Waals surface area contributed by atoms with Gasteiger partial charge < -0.3 is 15.0 Å². The molecule has 0 saturated carbocycles. The molecule has 0 aliphatic carbocycles. The molecule has 0 aromatic heterocycles. The molecule has 1 aromatic rings. The molecule has 0 spiro atoms. The van der Waals surface area contributed by atoms with Gasteiger partial charge in [-0.05, 0) is 38.1 Å². The summed E-state index contributed by atoms with van der Waals surface area (Å²) in [4.78, 5) is 14.6. The van der Waals surface area contributed by atoms with Gasteiger partial charge in [0.05, 0.1) is 17.8 Å². The van der Waals surface area contributed by atoms with Crippen molar-refractivity contribution >= 4 is 15.7 Å². The maximum Gasteiger partial charge on any atom is 0.226 e. The number of piperazine rings is 1. The lowest BCUT2D eigenvalue weighted by atomic mass is 10.1. The summed E-state index contributed by atoms with van der Waals surface area (Å²) in [6.07, 6.45) is 0. The fraction of sp³-hybridized carbons (Fsp3) is 0.588. The summed E-state index contributed by atoms with van der Waals surface area (Å²) < 4.78 is 30.1. The number of ether oxygens (including phenoxy) is 1. The van der Waals surface area contributed by atoms with E-state index in [2.05, 4.69) is 5.32 Å². The van der Waals surface area contributed by atoms with Gasteiger partial charge >= 0.3 is 0 Å². The van der Waals surface area contributed by atoms with E-state index < -0.39 is 15.8 Å². The normalized spacial score (nSPS) is 22.9. The zero-order valence-corrected chi connectivity index (χ0v) is 15.5. The van der Waals surface area contributed by atoms with Gasteiger partial charge in [-0.1, -0.05) is 6.92 Å². The topological polar surface area (TPSA) is 75.7 Å². The minimum atomic E-state index is -3.51. The number of hydrogen-bond donors (Lipinski definition) is 1. The highest BCUT2D eigenvalue weighted by molar-refractivity contribution is 7.91. The standard InChI is InChI=1S/C17H26N2O4S/c1-12(17(20)19-9-13(2)18-14(3)10-19)11-24(21,22)16-7-5-15(23-4)6-8-16/h5-8,12-14,18H,9-11H2,1-4H3/t12-,13-,14+/m0/s1. The van der Waals surface area contributed by atoms with E-state index in [1.807, 2.05) is 13.8 Å². The Hall–Kier alpha value is -1.60. The van der Waals surface area contributed by atoms with Crippen LogP contribution in [0.25, 0.3) is 0 Å². The summed E-state index contributed by atoms with van der Waals surface area (Å²) in [5.74, 6) is -0.269. The number of nitrogens with zero attached hydrogens (tertiary/aromatic N) is 1. The second kappa shape index (κ2) is 7.53. The van der Waals surface area contributed by atoms with Gasteiger partial charge in [-0.2, -0.15) is 0 Å². The Morgan fingerprint density at radius 1 is 1.25 bits per heavy atom. The van der Waals surface area contributed by atoms with E-state index in [0.29, 0.717) is 18.8 Å². The molecule has 0 bridgehead atoms. The van der Waals surface area contributed by atoms with Crippen LogP contribution in [0.15, 0.2) is 29.2 Å². The third kappa shape index (κ3) is 4.48. The van der Waals surface area contributed by atoms with E-state index in [1.165, 1.54) is 19.2 Å². The molecule has 1 aromatic carbocycles. The Kier molecular flexibility index (Phi) is 5.87. The lowest BCUT2D eigenvalue weighted by Crippen LogP contribution is -2.57. The van der Waals surface area contributed by atoms with Crippen molar-refractivity contribution < 1.29 is 17.9 Å². The van der Waals surface area contributed by atoms with E-state index >= 15 is 0 Å². The minimum absolute atomic E-state index is 0.104. The van der Waals surface area contributed by atoms with Gasteiger partial charge in [-0.15, -0.1) is 0 Å². The van der Waals surface area contributed by atoms with Crippen molar-refractivity contribution in [3.63, 3.8) is 0 Å². The van der Waals surface area contributed by atoms with Gasteiger partial charge in [0.1, 0.15) is 5.75 Å². The van der Waals surface area contributed by atoms with Crippen molar-refractivity contribution in [2.45, 2.75) is 37.8 Å². The fourth-order valence-electron chi connectivity index (χ4n) is 3.10. The molecule has 1 aliphatic heterocycles. The van der Waals surface area contributed by atoms with Gasteiger partial charge in [-0.25, -0.2) is 8.42 Å². The number of methoxy groups -OCH3 is 1. The number of benzene rings is 1. The molecule has 7 heteroatoms. The summed E-state index contributed by atoms with van der Waals surface area (Å²) in [7, 11) is -1.99. The number of rotatable bonds is 5. The molecule has 1 aliphatic rings. The van der Waals surface area contributed by atoms with Gasteiger partial charge in [0.25, 0.3) is 0 Å². The molecule has 134 valence electrons. The lowest BCUT2D eigenvalue weighted by molar-refractivity contribution is -0.136. The first kappa shape index (κ1) is 18.7. The molecule has 1 amide bonds. The van der Waals surface area contributed by atoms with Crippen molar-refractivity contribution in [2.75, 3.05) is 26.0 Å². The molecule has 2 rings (SSSR count). The first-order valence-corrected chi connectivity index (χ1v) is 9.80. The Morgan fingerprint density at radius 3 is 2.29 bits per heavy atom. The summed E-state index contributed by atoms with van der Waals surface area (Å²) >= 11 is 0. The van der Waals surface area contributed by atoms with E-state index in [9.17, 15) is 13.2 Å². The number of carbonyl (C=O) groups is 1. The Morgan fingerprint density at radius 2 is 1.79 bits per heavy atom. The zero-order chi connectivity index (χ0) is 17.9. The van der Waals surface area contributed by atoms with Crippen molar-refractivity contribution in [3.05, 3.63) is 24.3 Å². The average molecular weight is 354 g/mol. The fourth-order valence-corrected chi connectivity index (χ4v) is 4.64. The summed E-state index contributed by atoms with van der Waals surface area (Å²) in [6.45, 7) is 6.94. The van der Waals surface area contributed by atoms with Crippen molar-refractivity contribution in [1.29, 1.82) is 0 Å². The summed E-state index contributed by atoms with van der Waals surface area (Å²) in [6, 6.07) is 6.67. The average Bonchev–Trinajstić information content (AvgIpc) is 2.52. The summed E-state index contributed by atoms with van der Waals surface area (Å²) in [5, 5.41) is 3.36. The molecule has 1 N–H and O–H groups in total. The van der Waals surface area contributed by atoms with Crippen LogP contribution in [0.2, 0.25) is 0 Å². The molecule has 6 nitrogen and oxygen atoms in total. The quantitative estimate of drug-likeness (QED) is 0.863. The highest BCUT2D eigenvalue weighted by Crippen LogP contribution is 2.20. The molecule has 1 heterocycles. The van der Waals surface area contributed by atoms with Crippen LogP contribution < -0.4 is 10.1 Å². The minimum Gasteiger partial charge on any atom is -0.497 e. The van der Waals surface area contributed by atoms with Crippen LogP contribution in [0.3, 0.4) is 0 Å². The van der Waals surface area contributed by atoms with E-state index in [0.717, 1.165) is 0 Å². The highest BCUT2D eigenvalue weighted by atomic mass is 32.2. The van der Waals surface area contributed by atoms with Gasteiger partial charge in [0, 0.05) is 31.1 Å². The van der Waals surface area contributed by atoms with Crippen LogP contribution >= 0.6 is 0 Å². The van der Waals surface area contributed by atoms with Crippen LogP contribution in [-0.4, -0.2) is 57.3 Å². The molecular weight excluding hydrogens is 328 g/mol. The number of nitrogens with one attached hydrogen (secondary N) is 1. The number of amides is 1. The van der Waals surface area contributed by atoms with Crippen LogP contribution in [0.4, 0.5) is 0 Å². The SMILES string of the molecule is COc1ccc(S(=O)(=O)C[C@H](C)C(=O)N2C[C@@H](C)N[C@@H](C)C2)cc1. The van der Waals surface area contributed by atoms with Crippen LogP contribution in [0.1, 0.15) is 20.8 Å². The number of hydrogen-bond acceptors (Lipinski definition) is 5. The first-order chi connectivity index (χ1) is 11.2. The largest absolute Gasteiger partial charge is 0.497 e. The molecule has 3 atom stereocenters. The van der Waals surface area contributed by atoms with Crippen molar-refractivity contribution in [1.82, 2.24) is 10.2 Å². The smallest absolute Gasteiger partial charge is 0.226 e. The van der Waals surface area contributed by atoms with Crippen LogP contribution in [0.5, 0.6) is 5.75 Å². The predicted molar refractivity (Wildman–Crippen MR) is 92.9 cm³/mol. The van der Waals surface area contributed by atoms with E-state index in [1.54, 1.807) is 24.0 Å². The van der Waals surface area contributed by atoms with Gasteiger partial charge in [0.2, 0.25) is 5.91 Å². The maximum absolute atomic E-state index is 12.6. The lowest BCUT2D eigenvalue weighted by Gasteiger charge is -2.37. The van der Waals surface area contributed by atoms with Gasteiger partial charge in [0.15, 0.2) is 9.84 Å². The number of carbonyl (C=O) groups excluding carboxylic acids is 1. The molecule has 24 heavy (non-hydrogen) atoms. The predicted octanol–water partition coefficient (Wildman–Crippen LogP) is 1.31. The highest BCUT2D eigenvalue weighted by Gasteiger charge is 2.30. The third-order valence-corrected chi connectivity index (χ3v) is 6.11. The monoisotopic (exact) mass is 354 g/mol. The Balaban J connectivity index is 2.06. The second-order valence-electron chi connectivity index (χ2n) is 6.57. The number of sulfone groups is 1.